The summed E-state index contributed by atoms with van der Waals surface area (Å²) in [5, 5.41) is 14.3. The predicted octanol–water partition coefficient (Wildman–Crippen LogP) is 6.24. The Morgan fingerprint density at radius 1 is 1.02 bits per heavy atom. The smallest absolute Gasteiger partial charge is 0.307 e. The molecule has 0 saturated heterocycles. The lowest BCUT2D eigenvalue weighted by Gasteiger charge is -2.38. The number of nitrogens with one attached hydrogen (secondary N) is 1. The van der Waals surface area contributed by atoms with Gasteiger partial charge in [-0.3, -0.25) is 24.0 Å². The van der Waals surface area contributed by atoms with Crippen LogP contribution in [0.4, 0.5) is 0 Å². The van der Waals surface area contributed by atoms with Gasteiger partial charge in [0.05, 0.1) is 5.92 Å². The van der Waals surface area contributed by atoms with E-state index < -0.39 is 53.8 Å². The molecule has 0 unspecified atom stereocenters. The molecule has 0 fully saturated rings. The van der Waals surface area contributed by atoms with Gasteiger partial charge in [-0.1, -0.05) is 85.2 Å². The Hall–Kier alpha value is -4.13. The fourth-order valence-electron chi connectivity index (χ4n) is 5.83. The summed E-state index contributed by atoms with van der Waals surface area (Å²) in [5.74, 6) is -4.49. The highest BCUT2D eigenvalue weighted by Gasteiger charge is 2.37. The average Bonchev–Trinajstić information content (AvgIpc) is 3.56. The zero-order valence-corrected chi connectivity index (χ0v) is 31.9. The lowest BCUT2D eigenvalue weighted by atomic mass is 9.86. The quantitative estimate of drug-likeness (QED) is 0.0804. The van der Waals surface area contributed by atoms with Crippen LogP contribution in [0.3, 0.4) is 0 Å². The molecule has 6 atom stereocenters. The number of nitrogens with zero attached hydrogens (tertiary/aromatic N) is 2. The van der Waals surface area contributed by atoms with E-state index in [1.165, 1.54) is 11.8 Å². The zero-order valence-electron chi connectivity index (χ0n) is 31.1. The van der Waals surface area contributed by atoms with Crippen molar-refractivity contribution in [3.8, 4) is 0 Å². The van der Waals surface area contributed by atoms with Gasteiger partial charge in [-0.25, -0.2) is 4.98 Å². The van der Waals surface area contributed by atoms with Gasteiger partial charge in [0.1, 0.15) is 17.0 Å². The summed E-state index contributed by atoms with van der Waals surface area (Å²) < 4.78 is 11.3. The minimum atomic E-state index is -0.967. The summed E-state index contributed by atoms with van der Waals surface area (Å²) >= 11 is 1.12. The molecular weight excluding hydrogens is 674 g/mol. The molecule has 282 valence electrons. The van der Waals surface area contributed by atoms with Crippen LogP contribution >= 0.6 is 11.3 Å². The van der Waals surface area contributed by atoms with E-state index in [9.17, 15) is 33.9 Å². The van der Waals surface area contributed by atoms with Gasteiger partial charge in [-0.05, 0) is 36.2 Å². The van der Waals surface area contributed by atoms with Crippen LogP contribution in [0.2, 0.25) is 0 Å². The molecule has 0 aliphatic heterocycles. The SMILES string of the molecule is CC[C@H](C)[C@H](CC=O)C(=O)N(COC(=O)CC(C)C)[C@H](C[C@@H](OC(C)=O)c1nc(C(=O)N[C@@H](Cc2ccccc2)C[C@H](C)C(=O)O)cs1)C(C)C. The van der Waals surface area contributed by atoms with Gasteiger partial charge in [-0.15, -0.1) is 11.3 Å². The van der Waals surface area contributed by atoms with Crippen LogP contribution in [-0.4, -0.2) is 69.8 Å². The minimum absolute atomic E-state index is 0.00390. The lowest BCUT2D eigenvalue weighted by molar-refractivity contribution is -0.161. The number of thiazole rings is 1. The predicted molar refractivity (Wildman–Crippen MR) is 194 cm³/mol. The second kappa shape index (κ2) is 21.3. The molecule has 0 aliphatic rings. The summed E-state index contributed by atoms with van der Waals surface area (Å²) in [5.41, 5.74) is 1.01. The maximum absolute atomic E-state index is 14.2. The fourth-order valence-corrected chi connectivity index (χ4v) is 6.67. The second-order valence-corrected chi connectivity index (χ2v) is 14.9. The van der Waals surface area contributed by atoms with E-state index in [4.69, 9.17) is 9.47 Å². The normalized spacial score (nSPS) is 14.9. The molecule has 2 rings (SSSR count). The topological polar surface area (TPSA) is 169 Å². The van der Waals surface area contributed by atoms with Crippen molar-refractivity contribution in [1.82, 2.24) is 15.2 Å². The number of hydrogen-bond donors (Lipinski definition) is 2. The van der Waals surface area contributed by atoms with Gasteiger partial charge in [-0.2, -0.15) is 0 Å². The minimum Gasteiger partial charge on any atom is -0.481 e. The Morgan fingerprint density at radius 2 is 1.69 bits per heavy atom. The molecule has 1 heterocycles. The standard InChI is InChI=1S/C38H55N3O9S/c1-9-25(6)30(15-16-42)37(46)41(22-49-34(44)17-23(2)3)32(24(4)5)20-33(50-27(8)43)36-40-31(21-51-36)35(45)39-29(18-26(7)38(47)48)19-28-13-11-10-12-14-28/h10-14,16,21,23-26,29-30,32-33H,9,15,17-20,22H2,1-8H3,(H,39,45)(H,47,48)/t25-,26-,29+,30-,32+,33+/m0/s1. The molecule has 1 aromatic carbocycles. The Bertz CT molecular complexity index is 1440. The van der Waals surface area contributed by atoms with E-state index >= 15 is 0 Å². The fraction of sp³-hybridized carbons (Fsp3) is 0.605. The van der Waals surface area contributed by atoms with Crippen molar-refractivity contribution in [2.75, 3.05) is 6.73 Å². The zero-order chi connectivity index (χ0) is 38.2. The number of benzene rings is 1. The highest BCUT2D eigenvalue weighted by atomic mass is 32.1. The van der Waals surface area contributed by atoms with Gasteiger partial charge in [0.2, 0.25) is 5.91 Å². The molecule has 0 spiro atoms. The van der Waals surface area contributed by atoms with Crippen molar-refractivity contribution in [2.24, 2.45) is 29.6 Å². The van der Waals surface area contributed by atoms with E-state index in [1.54, 1.807) is 12.3 Å². The van der Waals surface area contributed by atoms with Gasteiger partial charge in [0, 0.05) is 49.6 Å². The maximum atomic E-state index is 14.2. The van der Waals surface area contributed by atoms with Gasteiger partial charge < -0.3 is 29.6 Å². The number of carbonyl (C=O) groups excluding carboxylic acids is 5. The van der Waals surface area contributed by atoms with Crippen LogP contribution in [0, 0.1) is 29.6 Å². The second-order valence-electron chi connectivity index (χ2n) is 14.0. The number of rotatable bonds is 22. The first kappa shape index (κ1) is 43.0. The molecule has 13 heteroatoms. The molecule has 0 aliphatic carbocycles. The van der Waals surface area contributed by atoms with Crippen molar-refractivity contribution >= 4 is 47.3 Å². The van der Waals surface area contributed by atoms with Gasteiger partial charge >= 0.3 is 17.9 Å². The number of aldehydes is 1. The van der Waals surface area contributed by atoms with E-state index in [0.29, 0.717) is 17.8 Å². The summed E-state index contributed by atoms with van der Waals surface area (Å²) in [7, 11) is 0. The highest BCUT2D eigenvalue weighted by Crippen LogP contribution is 2.33. The Balaban J connectivity index is 2.44. The molecule has 1 aromatic heterocycles. The third-order valence-corrected chi connectivity index (χ3v) is 9.84. The number of amides is 2. The molecule has 0 saturated carbocycles. The van der Waals surface area contributed by atoms with Crippen molar-refractivity contribution < 1.29 is 43.3 Å². The van der Waals surface area contributed by atoms with E-state index in [2.05, 4.69) is 10.3 Å². The summed E-state index contributed by atoms with van der Waals surface area (Å²) in [6, 6.07) is 8.33. The first-order valence-electron chi connectivity index (χ1n) is 17.7. The van der Waals surface area contributed by atoms with Crippen LogP contribution < -0.4 is 5.32 Å². The largest absolute Gasteiger partial charge is 0.481 e. The monoisotopic (exact) mass is 729 g/mol. The Labute approximate surface area is 305 Å². The lowest BCUT2D eigenvalue weighted by Crippen LogP contribution is -2.49. The first-order chi connectivity index (χ1) is 24.1. The molecule has 2 aromatic rings. The third-order valence-electron chi connectivity index (χ3n) is 8.90. The van der Waals surface area contributed by atoms with Crippen molar-refractivity contribution in [2.45, 2.75) is 112 Å². The number of hydrogen-bond acceptors (Lipinski definition) is 10. The van der Waals surface area contributed by atoms with Crippen LogP contribution in [0.25, 0.3) is 0 Å². The van der Waals surface area contributed by atoms with Crippen LogP contribution in [0.1, 0.15) is 115 Å². The summed E-state index contributed by atoms with van der Waals surface area (Å²) in [6.45, 7) is 13.9. The van der Waals surface area contributed by atoms with Crippen molar-refractivity contribution in [3.05, 3.63) is 52.0 Å². The van der Waals surface area contributed by atoms with Crippen molar-refractivity contribution in [1.29, 1.82) is 0 Å². The average molecular weight is 730 g/mol. The number of aliphatic carboxylic acids is 1. The molecule has 12 nitrogen and oxygen atoms in total. The van der Waals surface area contributed by atoms with E-state index in [0.717, 1.165) is 23.2 Å². The summed E-state index contributed by atoms with van der Waals surface area (Å²) in [4.78, 5) is 82.0. The number of aromatic nitrogens is 1. The number of carboxylic acids is 1. The number of ether oxygens (including phenoxy) is 2. The first-order valence-corrected chi connectivity index (χ1v) is 18.6. The van der Waals surface area contributed by atoms with E-state index in [-0.39, 0.29) is 61.8 Å². The molecule has 51 heavy (non-hydrogen) atoms. The van der Waals surface area contributed by atoms with Crippen LogP contribution in [0.5, 0.6) is 0 Å². The molecule has 2 amide bonds. The Kier molecular flexibility index (Phi) is 18.0. The Morgan fingerprint density at radius 3 is 2.24 bits per heavy atom. The maximum Gasteiger partial charge on any atom is 0.307 e. The molecule has 0 radical (unpaired) electrons. The van der Waals surface area contributed by atoms with Crippen LogP contribution in [-0.2, 0) is 39.9 Å². The number of esters is 2. The number of carbonyl (C=O) groups is 6. The van der Waals surface area contributed by atoms with Gasteiger partial charge in [0.15, 0.2) is 12.8 Å². The summed E-state index contributed by atoms with van der Waals surface area (Å²) in [6.07, 6.45) is 1.29. The molecule has 0 bridgehead atoms. The molecular formula is C38H55N3O9S. The van der Waals surface area contributed by atoms with E-state index in [1.807, 2.05) is 71.9 Å². The van der Waals surface area contributed by atoms with Gasteiger partial charge in [0.25, 0.3) is 5.91 Å². The molecule has 2 N–H and O–H groups in total. The van der Waals surface area contributed by atoms with Crippen molar-refractivity contribution in [3.63, 3.8) is 0 Å². The van der Waals surface area contributed by atoms with Crippen LogP contribution in [0.15, 0.2) is 35.7 Å². The third kappa shape index (κ3) is 14.2. The number of carboxylic acid groups (broad SMARTS) is 1. The highest BCUT2D eigenvalue weighted by molar-refractivity contribution is 7.09.